The first-order valence-electron chi connectivity index (χ1n) is 6.91. The quantitative estimate of drug-likeness (QED) is 0.817. The number of thioether (sulfide) groups is 1. The molecule has 5 heteroatoms. The third-order valence-electron chi connectivity index (χ3n) is 2.96. The maximum atomic E-state index is 12.4. The molecule has 0 radical (unpaired) electrons. The van der Waals surface area contributed by atoms with E-state index < -0.39 is 0 Å². The van der Waals surface area contributed by atoms with Crippen LogP contribution in [0.2, 0.25) is 0 Å². The predicted octanol–water partition coefficient (Wildman–Crippen LogP) is 4.62. The van der Waals surface area contributed by atoms with E-state index in [0.717, 1.165) is 27.7 Å². The van der Waals surface area contributed by atoms with Crippen molar-refractivity contribution in [2.24, 2.45) is 5.92 Å². The number of hydrogen-bond donors (Lipinski definition) is 1. The van der Waals surface area contributed by atoms with Crippen molar-refractivity contribution in [3.8, 4) is 0 Å². The molecule has 1 N–H and O–H groups in total. The van der Waals surface area contributed by atoms with Crippen molar-refractivity contribution in [1.29, 1.82) is 0 Å². The second kappa shape index (κ2) is 7.09. The largest absolute Gasteiger partial charge is 0.321 e. The number of amides is 1. The van der Waals surface area contributed by atoms with E-state index in [1.807, 2.05) is 37.4 Å². The van der Waals surface area contributed by atoms with Crippen LogP contribution >= 0.6 is 23.1 Å². The lowest BCUT2D eigenvalue weighted by Crippen LogP contribution is -2.11. The molecule has 2 aromatic rings. The third kappa shape index (κ3) is 4.32. The van der Waals surface area contributed by atoms with Crippen molar-refractivity contribution in [3.63, 3.8) is 0 Å². The van der Waals surface area contributed by atoms with Gasteiger partial charge < -0.3 is 5.32 Å². The van der Waals surface area contributed by atoms with E-state index in [4.69, 9.17) is 0 Å². The van der Waals surface area contributed by atoms with Crippen LogP contribution in [0.5, 0.6) is 0 Å². The fraction of sp³-hybridized carbons (Fsp3) is 0.375. The molecule has 1 heterocycles. The number of carbonyl (C=O) groups excluding carboxylic acids is 1. The number of nitrogens with one attached hydrogen (secondary N) is 1. The molecule has 0 aliphatic heterocycles. The van der Waals surface area contributed by atoms with Crippen LogP contribution in [0.3, 0.4) is 0 Å². The summed E-state index contributed by atoms with van der Waals surface area (Å²) in [6.07, 6.45) is 2.94. The van der Waals surface area contributed by atoms with Crippen molar-refractivity contribution < 1.29 is 4.79 Å². The molecule has 0 unspecified atom stereocenters. The Labute approximate surface area is 134 Å². The van der Waals surface area contributed by atoms with Gasteiger partial charge in [0.05, 0.1) is 10.7 Å². The molecule has 0 fully saturated rings. The molecule has 0 aliphatic carbocycles. The van der Waals surface area contributed by atoms with Crippen molar-refractivity contribution in [2.45, 2.75) is 32.1 Å². The molecule has 1 aromatic heterocycles. The molecule has 2 rings (SSSR count). The number of nitrogens with zero attached hydrogens (tertiary/aromatic N) is 1. The normalized spacial score (nSPS) is 10.9. The zero-order valence-corrected chi connectivity index (χ0v) is 14.4. The van der Waals surface area contributed by atoms with Crippen LogP contribution in [-0.2, 0) is 6.42 Å². The molecule has 0 bridgehead atoms. The van der Waals surface area contributed by atoms with E-state index in [0.29, 0.717) is 10.8 Å². The summed E-state index contributed by atoms with van der Waals surface area (Å²) in [6, 6.07) is 7.86. The zero-order chi connectivity index (χ0) is 15.4. The number of benzene rings is 1. The van der Waals surface area contributed by atoms with Gasteiger partial charge in [-0.1, -0.05) is 19.9 Å². The highest BCUT2D eigenvalue weighted by Crippen LogP contribution is 2.23. The van der Waals surface area contributed by atoms with Gasteiger partial charge in [0.2, 0.25) is 0 Å². The summed E-state index contributed by atoms with van der Waals surface area (Å²) in [4.78, 5) is 18.7. The molecule has 0 saturated heterocycles. The fourth-order valence-electron chi connectivity index (χ4n) is 1.99. The van der Waals surface area contributed by atoms with Crippen LogP contribution in [0, 0.1) is 12.8 Å². The van der Waals surface area contributed by atoms with Gasteiger partial charge in [0.15, 0.2) is 0 Å². The summed E-state index contributed by atoms with van der Waals surface area (Å²) < 4.78 is 0. The minimum absolute atomic E-state index is 0.0711. The Hall–Kier alpha value is -1.33. The fourth-order valence-corrected chi connectivity index (χ4v) is 3.62. The molecular formula is C16H20N2OS2. The van der Waals surface area contributed by atoms with Crippen molar-refractivity contribution in [3.05, 3.63) is 39.8 Å². The van der Waals surface area contributed by atoms with Crippen LogP contribution < -0.4 is 5.32 Å². The van der Waals surface area contributed by atoms with Crippen molar-refractivity contribution in [1.82, 2.24) is 4.98 Å². The van der Waals surface area contributed by atoms with Gasteiger partial charge in [0.1, 0.15) is 4.88 Å². The van der Waals surface area contributed by atoms with Crippen LogP contribution in [0.1, 0.15) is 34.2 Å². The predicted molar refractivity (Wildman–Crippen MR) is 91.6 cm³/mol. The van der Waals surface area contributed by atoms with Crippen LogP contribution in [0.25, 0.3) is 0 Å². The van der Waals surface area contributed by atoms with Gasteiger partial charge in [-0.2, -0.15) is 0 Å². The molecule has 0 atom stereocenters. The molecule has 112 valence electrons. The van der Waals surface area contributed by atoms with E-state index >= 15 is 0 Å². The Bertz CT molecular complexity index is 635. The number of aryl methyl sites for hydroxylation is 1. The summed E-state index contributed by atoms with van der Waals surface area (Å²) in [5.74, 6) is 0.475. The highest BCUT2D eigenvalue weighted by molar-refractivity contribution is 7.98. The average molecular weight is 320 g/mol. The lowest BCUT2D eigenvalue weighted by molar-refractivity contribution is 0.103. The monoisotopic (exact) mass is 320 g/mol. The smallest absolute Gasteiger partial charge is 0.267 e. The number of rotatable bonds is 5. The van der Waals surface area contributed by atoms with Gasteiger partial charge in [0.25, 0.3) is 5.91 Å². The number of anilines is 1. The van der Waals surface area contributed by atoms with Gasteiger partial charge in [-0.25, -0.2) is 4.98 Å². The highest BCUT2D eigenvalue weighted by atomic mass is 32.2. The average Bonchev–Trinajstić information content (AvgIpc) is 2.79. The lowest BCUT2D eigenvalue weighted by atomic mass is 10.1. The van der Waals surface area contributed by atoms with E-state index in [9.17, 15) is 4.79 Å². The number of carbonyl (C=O) groups is 1. The number of aromatic nitrogens is 1. The highest BCUT2D eigenvalue weighted by Gasteiger charge is 2.16. The maximum Gasteiger partial charge on any atom is 0.267 e. The molecule has 21 heavy (non-hydrogen) atoms. The summed E-state index contributed by atoms with van der Waals surface area (Å²) in [5.41, 5.74) is 1.64. The molecule has 1 amide bonds. The first-order valence-corrected chi connectivity index (χ1v) is 8.95. The molecule has 3 nitrogen and oxygen atoms in total. The summed E-state index contributed by atoms with van der Waals surface area (Å²) in [7, 11) is 0. The second-order valence-electron chi connectivity index (χ2n) is 5.31. The Morgan fingerprint density at radius 1 is 1.43 bits per heavy atom. The molecular weight excluding hydrogens is 300 g/mol. The first kappa shape index (κ1) is 16.0. The Balaban J connectivity index is 2.14. The topological polar surface area (TPSA) is 42.0 Å². The van der Waals surface area contributed by atoms with E-state index in [1.54, 1.807) is 11.8 Å². The molecule has 1 aromatic carbocycles. The van der Waals surface area contributed by atoms with Gasteiger partial charge in [-0.15, -0.1) is 23.1 Å². The van der Waals surface area contributed by atoms with Gasteiger partial charge in [-0.3, -0.25) is 4.79 Å². The van der Waals surface area contributed by atoms with Crippen molar-refractivity contribution in [2.75, 3.05) is 11.6 Å². The number of thiazole rings is 1. The minimum atomic E-state index is -0.0711. The summed E-state index contributed by atoms with van der Waals surface area (Å²) in [5, 5.41) is 3.99. The zero-order valence-electron chi connectivity index (χ0n) is 12.8. The Morgan fingerprint density at radius 2 is 2.19 bits per heavy atom. The van der Waals surface area contributed by atoms with Crippen LogP contribution in [0.4, 0.5) is 5.69 Å². The standard InChI is InChI=1S/C16H20N2OS2/c1-10(2)8-14-17-11(3)15(21-14)16(19)18-12-6-5-7-13(9-12)20-4/h5-7,9-10H,8H2,1-4H3,(H,18,19). The second-order valence-corrected chi connectivity index (χ2v) is 7.27. The minimum Gasteiger partial charge on any atom is -0.321 e. The Morgan fingerprint density at radius 3 is 2.86 bits per heavy atom. The van der Waals surface area contributed by atoms with Crippen molar-refractivity contribution >= 4 is 34.7 Å². The molecule has 0 aliphatic rings. The van der Waals surface area contributed by atoms with Gasteiger partial charge >= 0.3 is 0 Å². The maximum absolute atomic E-state index is 12.4. The lowest BCUT2D eigenvalue weighted by Gasteiger charge is -2.05. The number of hydrogen-bond acceptors (Lipinski definition) is 4. The van der Waals surface area contributed by atoms with Crippen LogP contribution in [0.15, 0.2) is 29.2 Å². The molecule has 0 saturated carbocycles. The van der Waals surface area contributed by atoms with Gasteiger partial charge in [0, 0.05) is 17.0 Å². The van der Waals surface area contributed by atoms with E-state index in [2.05, 4.69) is 24.1 Å². The van der Waals surface area contributed by atoms with Gasteiger partial charge in [-0.05, 0) is 37.3 Å². The summed E-state index contributed by atoms with van der Waals surface area (Å²) >= 11 is 3.16. The van der Waals surface area contributed by atoms with Crippen LogP contribution in [-0.4, -0.2) is 17.1 Å². The van der Waals surface area contributed by atoms with E-state index in [1.165, 1.54) is 11.3 Å². The third-order valence-corrected chi connectivity index (χ3v) is 4.86. The molecule has 0 spiro atoms. The first-order chi connectivity index (χ1) is 9.99. The van der Waals surface area contributed by atoms with E-state index in [-0.39, 0.29) is 5.91 Å². The Kier molecular flexibility index (Phi) is 5.42. The summed E-state index contributed by atoms with van der Waals surface area (Å²) in [6.45, 7) is 6.21. The SMILES string of the molecule is CSc1cccc(NC(=O)c2sc(CC(C)C)nc2C)c1.